The Labute approximate surface area is 269 Å². The van der Waals surface area contributed by atoms with E-state index in [-0.39, 0.29) is 0 Å². The lowest BCUT2D eigenvalue weighted by molar-refractivity contribution is 0.125. The van der Waals surface area contributed by atoms with Crippen LogP contribution in [-0.4, -0.2) is 44.4 Å². The minimum Gasteiger partial charge on any atom is -0.387 e. The second-order valence-electron chi connectivity index (χ2n) is 13.2. The lowest BCUT2D eigenvalue weighted by Gasteiger charge is -2.21. The molecule has 1 rings (SSSR count). The van der Waals surface area contributed by atoms with E-state index < -0.39 is 0 Å². The summed E-state index contributed by atoms with van der Waals surface area (Å²) in [5, 5.41) is 3.44. The summed E-state index contributed by atoms with van der Waals surface area (Å²) < 4.78 is 11.7. The SMILES string of the molecule is C=C(CCCCCN1C(=C)CC(C)C1=C)NCCOCCCCCCCCCCCOCCCCCCCCCCCC. The van der Waals surface area contributed by atoms with Crippen molar-refractivity contribution in [1.82, 2.24) is 10.2 Å². The number of hydrogen-bond acceptors (Lipinski definition) is 4. The summed E-state index contributed by atoms with van der Waals surface area (Å²) in [6.45, 7) is 22.7. The number of rotatable bonds is 33. The van der Waals surface area contributed by atoms with E-state index in [4.69, 9.17) is 9.47 Å². The third-order valence-electron chi connectivity index (χ3n) is 9.04. The maximum Gasteiger partial charge on any atom is 0.0638 e. The minimum atomic E-state index is 0.554. The van der Waals surface area contributed by atoms with Gasteiger partial charge in [0.15, 0.2) is 0 Å². The Balaban J connectivity index is 1.70. The van der Waals surface area contributed by atoms with Gasteiger partial charge in [-0.25, -0.2) is 0 Å². The lowest BCUT2D eigenvalue weighted by Crippen LogP contribution is -2.19. The highest BCUT2D eigenvalue weighted by Crippen LogP contribution is 2.33. The highest BCUT2D eigenvalue weighted by Gasteiger charge is 2.25. The van der Waals surface area contributed by atoms with Gasteiger partial charge in [0.2, 0.25) is 0 Å². The summed E-state index contributed by atoms with van der Waals surface area (Å²) in [5.74, 6) is 0.554. The molecule has 252 valence electrons. The van der Waals surface area contributed by atoms with E-state index in [0.717, 1.165) is 58.1 Å². The summed E-state index contributed by atoms with van der Waals surface area (Å²) in [6.07, 6.45) is 31.6. The first kappa shape index (κ1) is 39.8. The molecule has 1 N–H and O–H groups in total. The van der Waals surface area contributed by atoms with E-state index in [2.05, 4.69) is 43.8 Å². The number of nitrogens with one attached hydrogen (secondary N) is 1. The number of nitrogens with zero attached hydrogens (tertiary/aromatic N) is 1. The smallest absolute Gasteiger partial charge is 0.0638 e. The molecule has 4 nitrogen and oxygen atoms in total. The Morgan fingerprint density at radius 3 is 1.56 bits per heavy atom. The van der Waals surface area contributed by atoms with E-state index >= 15 is 0 Å². The van der Waals surface area contributed by atoms with E-state index in [1.54, 1.807) is 0 Å². The Morgan fingerprint density at radius 2 is 1.09 bits per heavy atom. The summed E-state index contributed by atoms with van der Waals surface area (Å²) >= 11 is 0. The van der Waals surface area contributed by atoms with Crippen LogP contribution in [0.15, 0.2) is 36.8 Å². The highest BCUT2D eigenvalue weighted by atomic mass is 16.5. The van der Waals surface area contributed by atoms with E-state index in [1.807, 2.05) is 0 Å². The molecule has 1 heterocycles. The average Bonchev–Trinajstić information content (AvgIpc) is 3.24. The molecule has 1 atom stereocenters. The molecule has 1 unspecified atom stereocenters. The molecular formula is C39H74N2O2. The predicted octanol–water partition coefficient (Wildman–Crippen LogP) is 11.5. The molecule has 1 fully saturated rings. The molecule has 0 amide bonds. The molecule has 1 aliphatic heterocycles. The van der Waals surface area contributed by atoms with Crippen LogP contribution >= 0.6 is 0 Å². The van der Waals surface area contributed by atoms with Crippen LogP contribution in [0.4, 0.5) is 0 Å². The fourth-order valence-corrected chi connectivity index (χ4v) is 6.07. The van der Waals surface area contributed by atoms with Crippen LogP contribution in [0.3, 0.4) is 0 Å². The van der Waals surface area contributed by atoms with Gasteiger partial charge in [0.1, 0.15) is 0 Å². The fourth-order valence-electron chi connectivity index (χ4n) is 6.07. The number of unbranched alkanes of at least 4 members (excludes halogenated alkanes) is 19. The number of ether oxygens (including phenoxy) is 2. The minimum absolute atomic E-state index is 0.554. The van der Waals surface area contributed by atoms with Gasteiger partial charge in [-0.3, -0.25) is 0 Å². The first-order valence-electron chi connectivity index (χ1n) is 18.8. The standard InChI is InChI=1S/C39H74N2O2/c1-6-7-8-9-10-11-13-16-19-25-31-42-32-26-20-17-14-12-15-18-21-27-33-43-34-29-40-37(3)28-23-22-24-30-41-38(4)35-36(2)39(41)5/h36,40H,3-35H2,1-2H3. The van der Waals surface area contributed by atoms with Gasteiger partial charge < -0.3 is 19.7 Å². The third-order valence-corrected chi connectivity index (χ3v) is 9.04. The maximum atomic E-state index is 5.84. The van der Waals surface area contributed by atoms with E-state index in [1.165, 1.54) is 153 Å². The molecule has 1 aliphatic rings. The fraction of sp³-hybridized carbons (Fsp3) is 0.846. The molecule has 0 saturated carbocycles. The molecule has 0 spiro atoms. The topological polar surface area (TPSA) is 33.7 Å². The van der Waals surface area contributed by atoms with Crippen LogP contribution in [0.2, 0.25) is 0 Å². The van der Waals surface area contributed by atoms with Crippen molar-refractivity contribution in [1.29, 1.82) is 0 Å². The first-order chi connectivity index (χ1) is 21.1. The Hall–Kier alpha value is -1.26. The second kappa shape index (κ2) is 29.5. The number of allylic oxidation sites excluding steroid dienone is 3. The van der Waals surface area contributed by atoms with Crippen molar-refractivity contribution in [3.63, 3.8) is 0 Å². The van der Waals surface area contributed by atoms with Crippen LogP contribution in [0.5, 0.6) is 0 Å². The molecule has 0 aromatic rings. The molecule has 0 aromatic carbocycles. The van der Waals surface area contributed by atoms with Crippen LogP contribution in [0.1, 0.15) is 168 Å². The normalized spacial score (nSPS) is 15.1. The monoisotopic (exact) mass is 603 g/mol. The maximum absolute atomic E-state index is 5.84. The Morgan fingerprint density at radius 1 is 0.651 bits per heavy atom. The van der Waals surface area contributed by atoms with Gasteiger partial charge in [-0.2, -0.15) is 0 Å². The zero-order valence-electron chi connectivity index (χ0n) is 29.2. The van der Waals surface area contributed by atoms with Crippen molar-refractivity contribution in [2.45, 2.75) is 168 Å². The Kier molecular flexibility index (Phi) is 27.2. The van der Waals surface area contributed by atoms with Crippen LogP contribution in [0.25, 0.3) is 0 Å². The van der Waals surface area contributed by atoms with Crippen LogP contribution < -0.4 is 5.32 Å². The average molecular weight is 603 g/mol. The van der Waals surface area contributed by atoms with Crippen molar-refractivity contribution in [3.8, 4) is 0 Å². The van der Waals surface area contributed by atoms with Gasteiger partial charge in [0.05, 0.1) is 6.61 Å². The van der Waals surface area contributed by atoms with Crippen molar-refractivity contribution in [3.05, 3.63) is 36.8 Å². The molecule has 0 aromatic heterocycles. The molecular weight excluding hydrogens is 528 g/mol. The molecule has 0 radical (unpaired) electrons. The molecule has 1 saturated heterocycles. The largest absolute Gasteiger partial charge is 0.387 e. The zero-order valence-corrected chi connectivity index (χ0v) is 29.2. The lowest BCUT2D eigenvalue weighted by atomic mass is 10.1. The zero-order chi connectivity index (χ0) is 31.2. The van der Waals surface area contributed by atoms with Crippen LogP contribution in [0, 0.1) is 5.92 Å². The number of hydrogen-bond donors (Lipinski definition) is 1. The van der Waals surface area contributed by atoms with Gasteiger partial charge >= 0.3 is 0 Å². The van der Waals surface area contributed by atoms with Gasteiger partial charge in [-0.05, 0) is 44.9 Å². The predicted molar refractivity (Wildman–Crippen MR) is 189 cm³/mol. The highest BCUT2D eigenvalue weighted by molar-refractivity contribution is 5.18. The first-order valence-corrected chi connectivity index (χ1v) is 18.8. The number of likely N-dealkylation sites (tertiary alicyclic amines) is 1. The summed E-state index contributed by atoms with van der Waals surface area (Å²) in [4.78, 5) is 2.33. The van der Waals surface area contributed by atoms with Crippen molar-refractivity contribution < 1.29 is 9.47 Å². The molecule has 0 bridgehead atoms. The van der Waals surface area contributed by atoms with Gasteiger partial charge in [-0.15, -0.1) is 0 Å². The third kappa shape index (κ3) is 23.7. The van der Waals surface area contributed by atoms with E-state index in [9.17, 15) is 0 Å². The summed E-state index contributed by atoms with van der Waals surface area (Å²) in [5.41, 5.74) is 3.62. The van der Waals surface area contributed by atoms with Gasteiger partial charge in [-0.1, -0.05) is 143 Å². The van der Waals surface area contributed by atoms with Crippen molar-refractivity contribution >= 4 is 0 Å². The van der Waals surface area contributed by atoms with Gasteiger partial charge in [0.25, 0.3) is 0 Å². The molecule has 0 aliphatic carbocycles. The van der Waals surface area contributed by atoms with Crippen molar-refractivity contribution in [2.75, 3.05) is 39.5 Å². The van der Waals surface area contributed by atoms with Crippen LogP contribution in [-0.2, 0) is 9.47 Å². The quantitative estimate of drug-likeness (QED) is 0.0758. The Bertz CT molecular complexity index is 676. The van der Waals surface area contributed by atoms with Crippen molar-refractivity contribution in [2.24, 2.45) is 5.92 Å². The summed E-state index contributed by atoms with van der Waals surface area (Å²) in [6, 6.07) is 0. The summed E-state index contributed by atoms with van der Waals surface area (Å²) in [7, 11) is 0. The molecule has 43 heavy (non-hydrogen) atoms. The second-order valence-corrected chi connectivity index (χ2v) is 13.2. The molecule has 4 heteroatoms. The van der Waals surface area contributed by atoms with E-state index in [0.29, 0.717) is 5.92 Å². The van der Waals surface area contributed by atoms with Gasteiger partial charge in [0, 0.05) is 55.9 Å².